The number of ether oxygens (including phenoxy) is 2. The van der Waals surface area contributed by atoms with E-state index in [-0.39, 0.29) is 12.1 Å². The maximum Gasteiger partial charge on any atom is 0.161 e. The van der Waals surface area contributed by atoms with E-state index in [4.69, 9.17) is 9.47 Å². The minimum Gasteiger partial charge on any atom is -0.493 e. The first-order valence-electron chi connectivity index (χ1n) is 11.3. The van der Waals surface area contributed by atoms with Gasteiger partial charge in [0.2, 0.25) is 0 Å². The standard InChI is InChI=1S/C25H35N3O3/c1-30-24-13-20-9-12-27(16-21(20)14-25(24)31-2)11-6-10-26-22-17-28(18-23(22)29)15-19-7-4-3-5-8-19/h3-5,7-8,13-14,22-23,26,29H,6,9-12,15-18H2,1-2H3/t22-,23-/m1/s1. The van der Waals surface area contributed by atoms with Crippen LogP contribution in [0.2, 0.25) is 0 Å². The van der Waals surface area contributed by atoms with Gasteiger partial charge in [-0.2, -0.15) is 0 Å². The van der Waals surface area contributed by atoms with E-state index in [2.05, 4.69) is 51.5 Å². The number of methoxy groups -OCH3 is 2. The number of aliphatic hydroxyl groups excluding tert-OH is 1. The molecule has 0 unspecified atom stereocenters. The van der Waals surface area contributed by atoms with Gasteiger partial charge in [-0.25, -0.2) is 0 Å². The van der Waals surface area contributed by atoms with Crippen molar-refractivity contribution in [3.05, 3.63) is 59.2 Å². The Bertz CT molecular complexity index is 845. The number of hydrogen-bond acceptors (Lipinski definition) is 6. The molecule has 4 rings (SSSR count). The molecule has 2 heterocycles. The summed E-state index contributed by atoms with van der Waals surface area (Å²) in [6, 6.07) is 14.9. The van der Waals surface area contributed by atoms with Crippen LogP contribution in [0.5, 0.6) is 11.5 Å². The number of nitrogens with one attached hydrogen (secondary N) is 1. The van der Waals surface area contributed by atoms with Crippen LogP contribution in [0.25, 0.3) is 0 Å². The zero-order valence-electron chi connectivity index (χ0n) is 18.7. The van der Waals surface area contributed by atoms with Crippen LogP contribution in [0.3, 0.4) is 0 Å². The Labute approximate surface area is 185 Å². The van der Waals surface area contributed by atoms with E-state index in [1.807, 2.05) is 6.07 Å². The lowest BCUT2D eigenvalue weighted by molar-refractivity contribution is 0.152. The monoisotopic (exact) mass is 425 g/mol. The molecule has 0 radical (unpaired) electrons. The summed E-state index contributed by atoms with van der Waals surface area (Å²) in [7, 11) is 3.38. The number of nitrogens with zero attached hydrogens (tertiary/aromatic N) is 2. The Kier molecular flexibility index (Phi) is 7.45. The molecular formula is C25H35N3O3. The lowest BCUT2D eigenvalue weighted by Crippen LogP contribution is -2.41. The Hall–Kier alpha value is -2.12. The van der Waals surface area contributed by atoms with Gasteiger partial charge in [-0.15, -0.1) is 0 Å². The van der Waals surface area contributed by atoms with Crippen molar-refractivity contribution in [2.24, 2.45) is 0 Å². The summed E-state index contributed by atoms with van der Waals surface area (Å²) < 4.78 is 10.9. The van der Waals surface area contributed by atoms with Gasteiger partial charge in [-0.3, -0.25) is 9.80 Å². The van der Waals surface area contributed by atoms with E-state index in [9.17, 15) is 5.11 Å². The first-order valence-corrected chi connectivity index (χ1v) is 11.3. The Morgan fingerprint density at radius 3 is 2.48 bits per heavy atom. The van der Waals surface area contributed by atoms with Crippen molar-refractivity contribution in [1.82, 2.24) is 15.1 Å². The minimum atomic E-state index is -0.298. The molecule has 2 aliphatic rings. The summed E-state index contributed by atoms with van der Waals surface area (Å²) in [6.07, 6.45) is 1.82. The van der Waals surface area contributed by atoms with Crippen molar-refractivity contribution in [1.29, 1.82) is 0 Å². The fourth-order valence-electron chi connectivity index (χ4n) is 4.76. The van der Waals surface area contributed by atoms with Crippen LogP contribution in [-0.2, 0) is 19.5 Å². The second-order valence-electron chi connectivity index (χ2n) is 8.66. The molecule has 2 aromatic rings. The number of fused-ring (bicyclic) bond motifs is 1. The minimum absolute atomic E-state index is 0.155. The van der Waals surface area contributed by atoms with Crippen molar-refractivity contribution in [2.75, 3.05) is 46.9 Å². The molecule has 0 spiro atoms. The van der Waals surface area contributed by atoms with Crippen LogP contribution in [0.4, 0.5) is 0 Å². The first-order chi connectivity index (χ1) is 15.2. The summed E-state index contributed by atoms with van der Waals surface area (Å²) in [4.78, 5) is 4.84. The van der Waals surface area contributed by atoms with E-state index < -0.39 is 0 Å². The van der Waals surface area contributed by atoms with Crippen molar-refractivity contribution < 1.29 is 14.6 Å². The molecule has 0 aromatic heterocycles. The first kappa shape index (κ1) is 22.1. The molecule has 0 aliphatic carbocycles. The molecule has 2 aromatic carbocycles. The SMILES string of the molecule is COc1cc2c(cc1OC)CN(CCCN[C@@H]1CN(Cc3ccccc3)C[C@H]1O)CC2. The molecule has 2 atom stereocenters. The lowest BCUT2D eigenvalue weighted by Gasteiger charge is -2.29. The largest absolute Gasteiger partial charge is 0.493 e. The van der Waals surface area contributed by atoms with E-state index >= 15 is 0 Å². The van der Waals surface area contributed by atoms with Gasteiger partial charge in [0, 0.05) is 38.8 Å². The summed E-state index contributed by atoms with van der Waals surface area (Å²) in [5, 5.41) is 14.0. The zero-order chi connectivity index (χ0) is 21.6. The molecule has 31 heavy (non-hydrogen) atoms. The lowest BCUT2D eigenvalue weighted by atomic mass is 9.98. The van der Waals surface area contributed by atoms with Crippen LogP contribution in [0, 0.1) is 0 Å². The van der Waals surface area contributed by atoms with Crippen LogP contribution < -0.4 is 14.8 Å². The summed E-state index contributed by atoms with van der Waals surface area (Å²) >= 11 is 0. The van der Waals surface area contributed by atoms with E-state index in [0.29, 0.717) is 0 Å². The second kappa shape index (κ2) is 10.5. The molecule has 0 saturated carbocycles. The summed E-state index contributed by atoms with van der Waals surface area (Å²) in [6.45, 7) is 6.53. The van der Waals surface area contributed by atoms with Gasteiger partial charge in [0.1, 0.15) is 0 Å². The van der Waals surface area contributed by atoms with Gasteiger partial charge in [-0.05, 0) is 54.8 Å². The molecule has 168 valence electrons. The van der Waals surface area contributed by atoms with E-state index in [1.54, 1.807) is 14.2 Å². The van der Waals surface area contributed by atoms with E-state index in [1.165, 1.54) is 16.7 Å². The average Bonchev–Trinajstić information content (AvgIpc) is 3.14. The highest BCUT2D eigenvalue weighted by Gasteiger charge is 2.30. The predicted octanol–water partition coefficient (Wildman–Crippen LogP) is 2.29. The number of hydrogen-bond donors (Lipinski definition) is 2. The highest BCUT2D eigenvalue weighted by Crippen LogP contribution is 2.33. The Morgan fingerprint density at radius 1 is 1.00 bits per heavy atom. The Morgan fingerprint density at radius 2 is 1.74 bits per heavy atom. The molecule has 1 saturated heterocycles. The zero-order valence-corrected chi connectivity index (χ0v) is 18.7. The summed E-state index contributed by atoms with van der Waals surface area (Å²) in [5.74, 6) is 1.62. The van der Waals surface area contributed by atoms with Gasteiger partial charge in [0.25, 0.3) is 0 Å². The van der Waals surface area contributed by atoms with Crippen LogP contribution in [0.15, 0.2) is 42.5 Å². The molecule has 0 amide bonds. The maximum absolute atomic E-state index is 10.5. The van der Waals surface area contributed by atoms with Gasteiger partial charge in [0.05, 0.1) is 20.3 Å². The predicted molar refractivity (Wildman–Crippen MR) is 123 cm³/mol. The fraction of sp³-hybridized carbons (Fsp3) is 0.520. The van der Waals surface area contributed by atoms with Crippen molar-refractivity contribution >= 4 is 0 Å². The van der Waals surface area contributed by atoms with Crippen LogP contribution in [0.1, 0.15) is 23.1 Å². The Balaban J connectivity index is 1.20. The molecule has 6 nitrogen and oxygen atoms in total. The number of benzene rings is 2. The number of rotatable bonds is 9. The molecule has 2 aliphatic heterocycles. The molecule has 6 heteroatoms. The third-order valence-electron chi connectivity index (χ3n) is 6.47. The second-order valence-corrected chi connectivity index (χ2v) is 8.66. The van der Waals surface area contributed by atoms with E-state index in [0.717, 1.165) is 70.2 Å². The molecule has 1 fully saturated rings. The van der Waals surface area contributed by atoms with Gasteiger partial charge >= 0.3 is 0 Å². The highest BCUT2D eigenvalue weighted by atomic mass is 16.5. The number of aliphatic hydroxyl groups is 1. The third-order valence-corrected chi connectivity index (χ3v) is 6.47. The fourth-order valence-corrected chi connectivity index (χ4v) is 4.76. The van der Waals surface area contributed by atoms with Gasteiger partial charge in [-0.1, -0.05) is 30.3 Å². The molecule has 2 N–H and O–H groups in total. The topological polar surface area (TPSA) is 57.2 Å². The van der Waals surface area contributed by atoms with Crippen molar-refractivity contribution in [2.45, 2.75) is 38.1 Å². The number of β-amino-alcohol motifs (C(OH)–C–C–N with tert-alkyl or cyclic N) is 1. The van der Waals surface area contributed by atoms with Crippen molar-refractivity contribution in [3.63, 3.8) is 0 Å². The highest BCUT2D eigenvalue weighted by molar-refractivity contribution is 5.48. The van der Waals surface area contributed by atoms with Crippen LogP contribution >= 0.6 is 0 Å². The normalized spacial score (nSPS) is 21.8. The third kappa shape index (κ3) is 5.57. The maximum atomic E-state index is 10.5. The van der Waals surface area contributed by atoms with Gasteiger partial charge < -0.3 is 19.9 Å². The molecule has 0 bridgehead atoms. The van der Waals surface area contributed by atoms with Gasteiger partial charge in [0.15, 0.2) is 11.5 Å². The summed E-state index contributed by atoms with van der Waals surface area (Å²) in [5.41, 5.74) is 3.99. The average molecular weight is 426 g/mol. The van der Waals surface area contributed by atoms with Crippen molar-refractivity contribution in [3.8, 4) is 11.5 Å². The molecular weight excluding hydrogens is 390 g/mol. The number of likely N-dealkylation sites (tertiary alicyclic amines) is 1. The smallest absolute Gasteiger partial charge is 0.161 e. The quantitative estimate of drug-likeness (QED) is 0.602. The van der Waals surface area contributed by atoms with Crippen LogP contribution in [-0.4, -0.2) is 74.0 Å².